The van der Waals surface area contributed by atoms with Crippen molar-refractivity contribution < 1.29 is 17.9 Å². The van der Waals surface area contributed by atoms with E-state index in [2.05, 4.69) is 30.7 Å². The normalized spacial score (nSPS) is 16.3. The van der Waals surface area contributed by atoms with Crippen molar-refractivity contribution >= 4 is 26.6 Å². The topological polar surface area (TPSA) is 115 Å². The van der Waals surface area contributed by atoms with Gasteiger partial charge in [0.15, 0.2) is 0 Å². The van der Waals surface area contributed by atoms with E-state index in [1.165, 1.54) is 5.56 Å². The summed E-state index contributed by atoms with van der Waals surface area (Å²) in [4.78, 5) is 0. The van der Waals surface area contributed by atoms with Crippen LogP contribution < -0.4 is 19.9 Å². The molecule has 4 N–H and O–H groups in total. The van der Waals surface area contributed by atoms with Crippen LogP contribution in [0.15, 0.2) is 78.9 Å². The molecule has 4 aromatic carbocycles. The third kappa shape index (κ3) is 6.29. The highest BCUT2D eigenvalue weighted by Gasteiger charge is 2.35. The molecule has 0 spiro atoms. The fraction of sp³-hybridized carbons (Fsp3) is 0.281. The lowest BCUT2D eigenvalue weighted by Gasteiger charge is -2.38. The number of rotatable bonds is 9. The van der Waals surface area contributed by atoms with Gasteiger partial charge in [-0.2, -0.15) is 0 Å². The Morgan fingerprint density at radius 2 is 1.75 bits per heavy atom. The van der Waals surface area contributed by atoms with Crippen molar-refractivity contribution in [2.75, 3.05) is 7.11 Å². The summed E-state index contributed by atoms with van der Waals surface area (Å²) in [6.07, 6.45) is 1.31. The van der Waals surface area contributed by atoms with E-state index >= 15 is 0 Å². The largest absolute Gasteiger partial charge is 0.497 e. The van der Waals surface area contributed by atoms with Gasteiger partial charge in [-0.05, 0) is 87.7 Å². The Labute approximate surface area is 235 Å². The fourth-order valence-corrected chi connectivity index (χ4v) is 7.01. The Hall–Kier alpha value is -3.88. The molecule has 1 unspecified atom stereocenters. The maximum Gasteiger partial charge on any atom is 0.216 e. The summed E-state index contributed by atoms with van der Waals surface area (Å²) in [6.45, 7) is 4.71. The van der Waals surface area contributed by atoms with Crippen molar-refractivity contribution in [3.05, 3.63) is 107 Å². The van der Waals surface area contributed by atoms with E-state index in [9.17, 15) is 8.42 Å². The maximum atomic E-state index is 13.1. The van der Waals surface area contributed by atoms with Gasteiger partial charge in [0.1, 0.15) is 23.9 Å². The molecule has 0 aliphatic heterocycles. The van der Waals surface area contributed by atoms with E-state index in [4.69, 9.17) is 20.6 Å². The van der Waals surface area contributed by atoms with Gasteiger partial charge in [0.25, 0.3) is 0 Å². The van der Waals surface area contributed by atoms with Gasteiger partial charge in [-0.15, -0.1) is 0 Å². The predicted octanol–water partition coefficient (Wildman–Crippen LogP) is 5.42. The number of fused-ring (bicyclic) bond motifs is 2. The molecule has 1 atom stereocenters. The second-order valence-corrected chi connectivity index (χ2v) is 12.9. The van der Waals surface area contributed by atoms with Crippen molar-refractivity contribution in [3.8, 4) is 11.5 Å². The summed E-state index contributed by atoms with van der Waals surface area (Å²) in [5, 5.41) is 9.72. The van der Waals surface area contributed by atoms with E-state index in [1.54, 1.807) is 31.4 Å². The molecule has 0 heterocycles. The predicted molar refractivity (Wildman–Crippen MR) is 160 cm³/mol. The first-order valence-corrected chi connectivity index (χ1v) is 14.9. The van der Waals surface area contributed by atoms with Crippen LogP contribution in [-0.4, -0.2) is 27.4 Å². The number of benzene rings is 4. The molecular weight excluding hydrogens is 522 g/mol. The van der Waals surface area contributed by atoms with Gasteiger partial charge < -0.3 is 15.2 Å². The van der Waals surface area contributed by atoms with Crippen LogP contribution in [-0.2, 0) is 34.2 Å². The van der Waals surface area contributed by atoms with Gasteiger partial charge in [-0.25, -0.2) is 13.1 Å². The average Bonchev–Trinajstić information content (AvgIpc) is 2.90. The number of hydrogen-bond donors (Lipinski definition) is 3. The van der Waals surface area contributed by atoms with Crippen LogP contribution in [0.5, 0.6) is 11.5 Å². The lowest BCUT2D eigenvalue weighted by Crippen LogP contribution is -2.44. The summed E-state index contributed by atoms with van der Waals surface area (Å²) in [5.41, 5.74) is 10.2. The second kappa shape index (κ2) is 10.9. The van der Waals surface area contributed by atoms with E-state index < -0.39 is 10.0 Å². The van der Waals surface area contributed by atoms with E-state index in [0.717, 1.165) is 27.6 Å². The zero-order valence-electron chi connectivity index (χ0n) is 23.0. The van der Waals surface area contributed by atoms with Crippen LogP contribution in [0.4, 0.5) is 0 Å². The molecule has 0 radical (unpaired) electrons. The Bertz CT molecular complexity index is 1680. The van der Waals surface area contributed by atoms with Crippen LogP contribution in [0.1, 0.15) is 48.1 Å². The highest BCUT2D eigenvalue weighted by atomic mass is 32.2. The summed E-state index contributed by atoms with van der Waals surface area (Å²) in [7, 11) is -1.98. The molecule has 40 heavy (non-hydrogen) atoms. The number of sulfonamides is 1. The summed E-state index contributed by atoms with van der Waals surface area (Å²) in [6, 6.07) is 24.9. The second-order valence-electron chi connectivity index (χ2n) is 11.1. The number of amidine groups is 1. The van der Waals surface area contributed by atoms with Gasteiger partial charge in [0, 0.05) is 11.6 Å². The van der Waals surface area contributed by atoms with Crippen LogP contribution in [0.3, 0.4) is 0 Å². The molecule has 0 aromatic heterocycles. The molecule has 4 aromatic rings. The minimum absolute atomic E-state index is 0.0526. The zero-order valence-corrected chi connectivity index (χ0v) is 23.8. The fourth-order valence-electron chi connectivity index (χ4n) is 5.63. The summed E-state index contributed by atoms with van der Waals surface area (Å²) >= 11 is 0. The number of hydrogen-bond acceptors (Lipinski definition) is 5. The molecule has 0 saturated heterocycles. The summed E-state index contributed by atoms with van der Waals surface area (Å²) < 4.78 is 40.5. The first-order valence-electron chi connectivity index (χ1n) is 13.3. The Morgan fingerprint density at radius 1 is 0.975 bits per heavy atom. The highest BCUT2D eigenvalue weighted by Crippen LogP contribution is 2.39. The number of nitrogen functional groups attached to an aromatic ring is 1. The van der Waals surface area contributed by atoms with Crippen LogP contribution in [0.2, 0.25) is 0 Å². The Kier molecular flexibility index (Phi) is 7.57. The Balaban J connectivity index is 1.28. The molecule has 0 saturated carbocycles. The van der Waals surface area contributed by atoms with Gasteiger partial charge in [-0.3, -0.25) is 5.41 Å². The van der Waals surface area contributed by atoms with Crippen LogP contribution in [0, 0.1) is 5.41 Å². The minimum Gasteiger partial charge on any atom is -0.497 e. The molecular formula is C32H35N3O4S. The molecule has 0 bridgehead atoms. The van der Waals surface area contributed by atoms with E-state index in [0.29, 0.717) is 36.3 Å². The number of ether oxygens (including phenoxy) is 2. The molecule has 1 aliphatic carbocycles. The van der Waals surface area contributed by atoms with Crippen LogP contribution in [0.25, 0.3) is 10.8 Å². The van der Waals surface area contributed by atoms with Crippen molar-refractivity contribution in [1.82, 2.24) is 4.72 Å². The van der Waals surface area contributed by atoms with Gasteiger partial charge >= 0.3 is 0 Å². The monoisotopic (exact) mass is 557 g/mol. The first kappa shape index (κ1) is 27.7. The van der Waals surface area contributed by atoms with Gasteiger partial charge in [0.2, 0.25) is 10.0 Å². The van der Waals surface area contributed by atoms with Crippen LogP contribution >= 0.6 is 0 Å². The number of nitrogens with two attached hydrogens (primary N) is 1. The lowest BCUT2D eigenvalue weighted by molar-refractivity contribution is 0.304. The highest BCUT2D eigenvalue weighted by molar-refractivity contribution is 7.88. The standard InChI is InChI=1S/C32H35N3O4S/c1-32(2)18-27(35-40(36,37)20-22-5-4-6-28(14-22)38-3)16-26-17-29(11-12-30(26)32)39-19-21-7-8-24-15-25(31(33)34)10-9-23(24)13-21/h4-15,17,27,35H,16,18-20H2,1-3H3,(H3,33,34). The smallest absolute Gasteiger partial charge is 0.216 e. The lowest BCUT2D eigenvalue weighted by atomic mass is 9.71. The van der Waals surface area contributed by atoms with Crippen molar-refractivity contribution in [3.63, 3.8) is 0 Å². The Morgan fingerprint density at radius 3 is 2.52 bits per heavy atom. The summed E-state index contributed by atoms with van der Waals surface area (Å²) in [5.74, 6) is 1.34. The van der Waals surface area contributed by atoms with Gasteiger partial charge in [-0.1, -0.05) is 56.3 Å². The maximum absolute atomic E-state index is 13.1. The van der Waals surface area contributed by atoms with E-state index in [-0.39, 0.29) is 23.0 Å². The molecule has 5 rings (SSSR count). The first-order chi connectivity index (χ1) is 19.0. The van der Waals surface area contributed by atoms with Crippen molar-refractivity contribution in [2.24, 2.45) is 5.73 Å². The molecule has 208 valence electrons. The molecule has 0 fully saturated rings. The SMILES string of the molecule is COc1cccc(CS(=O)(=O)NC2Cc3cc(OCc4ccc5cc(C(=N)N)ccc5c4)ccc3C(C)(C)C2)c1. The van der Waals surface area contributed by atoms with Crippen molar-refractivity contribution in [2.45, 2.75) is 50.5 Å². The molecule has 8 heteroatoms. The number of nitrogens with one attached hydrogen (secondary N) is 2. The number of methoxy groups -OCH3 is 1. The average molecular weight is 558 g/mol. The van der Waals surface area contributed by atoms with E-state index in [1.807, 2.05) is 42.5 Å². The third-order valence-corrected chi connectivity index (χ3v) is 8.89. The molecule has 7 nitrogen and oxygen atoms in total. The van der Waals surface area contributed by atoms with Gasteiger partial charge in [0.05, 0.1) is 12.9 Å². The minimum atomic E-state index is -3.55. The quantitative estimate of drug-likeness (QED) is 0.188. The zero-order chi connectivity index (χ0) is 28.5. The third-order valence-electron chi connectivity index (χ3n) is 7.49. The molecule has 1 aliphatic rings. The molecule has 0 amide bonds. The van der Waals surface area contributed by atoms with Crippen molar-refractivity contribution in [1.29, 1.82) is 5.41 Å².